The summed E-state index contributed by atoms with van der Waals surface area (Å²) in [7, 11) is 1.58. The van der Waals surface area contributed by atoms with Gasteiger partial charge in [-0.25, -0.2) is 15.5 Å². The van der Waals surface area contributed by atoms with Crippen LogP contribution in [0.3, 0.4) is 0 Å². The van der Waals surface area contributed by atoms with Gasteiger partial charge >= 0.3 is 0 Å². The van der Waals surface area contributed by atoms with Crippen LogP contribution in [0.1, 0.15) is 5.56 Å². The molecule has 0 bridgehead atoms. The van der Waals surface area contributed by atoms with Crippen LogP contribution in [0.4, 0.5) is 23.1 Å². The average molecular weight is 386 g/mol. The zero-order valence-electron chi connectivity index (χ0n) is 15.6. The lowest BCUT2D eigenvalue weighted by Gasteiger charge is -2.11. The van der Waals surface area contributed by atoms with E-state index in [0.717, 1.165) is 16.5 Å². The highest BCUT2D eigenvalue weighted by atomic mass is 16.5. The largest absolute Gasteiger partial charge is 0.495 e. The molecule has 9 heteroatoms. The molecule has 0 saturated carbocycles. The molecule has 0 aliphatic rings. The van der Waals surface area contributed by atoms with Gasteiger partial charge in [0.15, 0.2) is 11.6 Å². The zero-order chi connectivity index (χ0) is 20.1. The number of hydrogen-bond acceptors (Lipinski definition) is 9. The fourth-order valence-electron chi connectivity index (χ4n) is 2.81. The van der Waals surface area contributed by atoms with Gasteiger partial charge in [0, 0.05) is 24.2 Å². The van der Waals surface area contributed by atoms with Crippen molar-refractivity contribution in [2.24, 2.45) is 5.11 Å². The first-order chi connectivity index (χ1) is 14.2. The lowest BCUT2D eigenvalue weighted by atomic mass is 10.1. The fourth-order valence-corrected chi connectivity index (χ4v) is 2.81. The molecule has 0 aliphatic carbocycles. The third kappa shape index (κ3) is 4.24. The lowest BCUT2D eigenvalue weighted by molar-refractivity contribution is 0.413. The van der Waals surface area contributed by atoms with Crippen LogP contribution in [0.2, 0.25) is 0 Å². The molecule has 3 N–H and O–H groups in total. The van der Waals surface area contributed by atoms with Gasteiger partial charge in [0.2, 0.25) is 5.82 Å². The summed E-state index contributed by atoms with van der Waals surface area (Å²) in [6.07, 6.45) is 6.56. The second-order valence-electron chi connectivity index (χ2n) is 6.16. The first-order valence-electron chi connectivity index (χ1n) is 8.83. The molecule has 0 unspecified atom stereocenters. The molecule has 0 amide bonds. The van der Waals surface area contributed by atoms with E-state index in [0.29, 0.717) is 29.6 Å². The van der Waals surface area contributed by atoms with E-state index in [2.05, 4.69) is 41.8 Å². The first-order valence-corrected chi connectivity index (χ1v) is 8.83. The van der Waals surface area contributed by atoms with E-state index in [1.165, 1.54) is 6.20 Å². The quantitative estimate of drug-likeness (QED) is 0.401. The Bertz CT molecular complexity index is 1160. The minimum Gasteiger partial charge on any atom is -0.495 e. The van der Waals surface area contributed by atoms with Gasteiger partial charge in [-0.1, -0.05) is 12.1 Å². The van der Waals surface area contributed by atoms with Crippen molar-refractivity contribution in [1.29, 1.82) is 5.53 Å². The number of methoxy groups -OCH3 is 1. The molecule has 29 heavy (non-hydrogen) atoms. The molecule has 9 nitrogen and oxygen atoms in total. The van der Waals surface area contributed by atoms with Crippen LogP contribution in [0.25, 0.3) is 10.9 Å². The third-order valence-corrected chi connectivity index (χ3v) is 4.21. The summed E-state index contributed by atoms with van der Waals surface area (Å²) < 4.78 is 5.18. The maximum atomic E-state index is 7.35. The maximum Gasteiger partial charge on any atom is 0.216 e. The number of fused-ring (bicyclic) bond motifs is 1. The van der Waals surface area contributed by atoms with Crippen LogP contribution in [0.15, 0.2) is 66.3 Å². The van der Waals surface area contributed by atoms with E-state index in [9.17, 15) is 0 Å². The molecule has 0 fully saturated rings. The number of aromatic nitrogens is 4. The Balaban J connectivity index is 1.53. The molecule has 0 atom stereocenters. The highest BCUT2D eigenvalue weighted by Crippen LogP contribution is 2.25. The second-order valence-corrected chi connectivity index (χ2v) is 6.16. The van der Waals surface area contributed by atoms with Crippen molar-refractivity contribution in [3.8, 4) is 5.75 Å². The molecule has 0 saturated heterocycles. The van der Waals surface area contributed by atoms with Crippen LogP contribution in [0.5, 0.6) is 5.75 Å². The number of benzene rings is 1. The zero-order valence-corrected chi connectivity index (χ0v) is 15.6. The molecular formula is C20H18N8O. The molecular weight excluding hydrogens is 368 g/mol. The number of hydrogen-bond donors (Lipinski definition) is 3. The van der Waals surface area contributed by atoms with E-state index in [-0.39, 0.29) is 5.82 Å². The molecule has 4 rings (SSSR count). The van der Waals surface area contributed by atoms with Crippen molar-refractivity contribution in [1.82, 2.24) is 19.9 Å². The Labute approximate surface area is 166 Å². The van der Waals surface area contributed by atoms with Crippen LogP contribution < -0.4 is 15.4 Å². The number of ether oxygens (including phenoxy) is 1. The lowest BCUT2D eigenvalue weighted by Crippen LogP contribution is -2.05. The smallest absolute Gasteiger partial charge is 0.216 e. The van der Waals surface area contributed by atoms with Gasteiger partial charge in [0.05, 0.1) is 36.9 Å². The number of pyridine rings is 2. The predicted octanol–water partition coefficient (Wildman–Crippen LogP) is 4.45. The van der Waals surface area contributed by atoms with Gasteiger partial charge in [-0.3, -0.25) is 9.97 Å². The molecule has 3 heterocycles. The molecule has 3 aromatic heterocycles. The van der Waals surface area contributed by atoms with E-state index < -0.39 is 0 Å². The van der Waals surface area contributed by atoms with Gasteiger partial charge in [-0.05, 0) is 23.8 Å². The second kappa shape index (κ2) is 8.26. The summed E-state index contributed by atoms with van der Waals surface area (Å²) in [6.45, 7) is 0.506. The van der Waals surface area contributed by atoms with Crippen molar-refractivity contribution < 1.29 is 4.74 Å². The number of rotatable bonds is 7. The highest BCUT2D eigenvalue weighted by molar-refractivity contribution is 5.79. The summed E-state index contributed by atoms with van der Waals surface area (Å²) in [4.78, 5) is 17.1. The van der Waals surface area contributed by atoms with Crippen molar-refractivity contribution in [3.05, 3.63) is 66.7 Å². The summed E-state index contributed by atoms with van der Waals surface area (Å²) in [6, 6.07) is 11.8. The van der Waals surface area contributed by atoms with Crippen LogP contribution in [-0.2, 0) is 6.54 Å². The Morgan fingerprint density at radius 3 is 2.90 bits per heavy atom. The third-order valence-electron chi connectivity index (χ3n) is 4.21. The normalized spacial score (nSPS) is 10.5. The predicted molar refractivity (Wildman–Crippen MR) is 110 cm³/mol. The monoisotopic (exact) mass is 386 g/mol. The van der Waals surface area contributed by atoms with E-state index in [1.54, 1.807) is 31.8 Å². The van der Waals surface area contributed by atoms with Gasteiger partial charge in [-0.2, -0.15) is 0 Å². The van der Waals surface area contributed by atoms with Crippen LogP contribution in [-0.4, -0.2) is 27.0 Å². The van der Waals surface area contributed by atoms with Gasteiger partial charge in [-0.15, -0.1) is 5.11 Å². The fraction of sp³-hybridized carbons (Fsp3) is 0.100. The standard InChI is InChI=1S/C20H18N8O/c1-29-16-8-15(10-22-11-16)26-18-12-25-20(28-21)19(27-18)24-9-13-4-5-17-14(7-13)3-2-6-23-17/h2-8,10-12,21H,9H2,1H3,(H2,24,26,27). The van der Waals surface area contributed by atoms with E-state index in [4.69, 9.17) is 10.3 Å². The minimum absolute atomic E-state index is 0.210. The Morgan fingerprint density at radius 1 is 1.10 bits per heavy atom. The number of anilines is 3. The topological polar surface area (TPSA) is 121 Å². The maximum absolute atomic E-state index is 7.35. The molecule has 144 valence electrons. The summed E-state index contributed by atoms with van der Waals surface area (Å²) in [5.41, 5.74) is 10.1. The van der Waals surface area contributed by atoms with E-state index in [1.807, 2.05) is 24.3 Å². The van der Waals surface area contributed by atoms with Gasteiger partial charge in [0.1, 0.15) is 5.75 Å². The summed E-state index contributed by atoms with van der Waals surface area (Å²) in [5, 5.41) is 10.8. The van der Waals surface area contributed by atoms with E-state index >= 15 is 0 Å². The van der Waals surface area contributed by atoms with Crippen molar-refractivity contribution in [2.75, 3.05) is 17.7 Å². The SMILES string of the molecule is COc1cncc(Nc2cnc(N=N)c(NCc3ccc4ncccc4c3)n2)c1. The molecule has 4 aromatic rings. The van der Waals surface area contributed by atoms with Crippen LogP contribution in [0, 0.1) is 5.53 Å². The molecule has 0 aliphatic heterocycles. The minimum atomic E-state index is 0.210. The summed E-state index contributed by atoms with van der Waals surface area (Å²) >= 11 is 0. The molecule has 0 radical (unpaired) electrons. The molecule has 0 spiro atoms. The molecule has 1 aromatic carbocycles. The van der Waals surface area contributed by atoms with Crippen molar-refractivity contribution in [2.45, 2.75) is 6.54 Å². The number of nitrogens with zero attached hydrogens (tertiary/aromatic N) is 5. The van der Waals surface area contributed by atoms with Crippen molar-refractivity contribution in [3.63, 3.8) is 0 Å². The van der Waals surface area contributed by atoms with Gasteiger partial charge in [0.25, 0.3) is 0 Å². The Morgan fingerprint density at radius 2 is 2.03 bits per heavy atom. The van der Waals surface area contributed by atoms with Gasteiger partial charge < -0.3 is 15.4 Å². The summed E-state index contributed by atoms with van der Waals surface area (Å²) in [5.74, 6) is 1.75. The average Bonchev–Trinajstić information content (AvgIpc) is 2.78. The Kier molecular flexibility index (Phi) is 5.19. The van der Waals surface area contributed by atoms with Crippen LogP contribution >= 0.6 is 0 Å². The Hall–Kier alpha value is -4.14. The first kappa shape index (κ1) is 18.2. The van der Waals surface area contributed by atoms with Crippen molar-refractivity contribution >= 4 is 34.0 Å². The highest BCUT2D eigenvalue weighted by Gasteiger charge is 2.08. The number of nitrogens with one attached hydrogen (secondary N) is 3.